The van der Waals surface area contributed by atoms with E-state index in [4.69, 9.17) is 4.98 Å². The molecule has 134 valence electrons. The third-order valence-corrected chi connectivity index (χ3v) is 4.98. The van der Waals surface area contributed by atoms with Crippen molar-refractivity contribution in [1.82, 2.24) is 19.4 Å². The Morgan fingerprint density at radius 3 is 2.62 bits per heavy atom. The van der Waals surface area contributed by atoms with E-state index in [9.17, 15) is 13.6 Å². The van der Waals surface area contributed by atoms with Gasteiger partial charge in [0, 0.05) is 32.1 Å². The van der Waals surface area contributed by atoms with Crippen molar-refractivity contribution >= 4 is 16.9 Å². The summed E-state index contributed by atoms with van der Waals surface area (Å²) in [5.41, 5.74) is 1.72. The minimum atomic E-state index is -0.924. The molecule has 3 heterocycles. The second-order valence-corrected chi connectivity index (χ2v) is 6.57. The molecule has 0 N–H and O–H groups in total. The van der Waals surface area contributed by atoms with Crippen molar-refractivity contribution in [1.29, 1.82) is 0 Å². The fraction of sp³-hybridized carbons (Fsp3) is 0.316. The maximum absolute atomic E-state index is 13.8. The first-order valence-electron chi connectivity index (χ1n) is 8.56. The van der Waals surface area contributed by atoms with Gasteiger partial charge in [0.25, 0.3) is 5.91 Å². The molecule has 1 aliphatic heterocycles. The number of carbonyl (C=O) groups is 1. The largest absolute Gasteiger partial charge is 0.337 e. The molecule has 1 amide bonds. The Morgan fingerprint density at radius 1 is 1.19 bits per heavy atom. The molecule has 1 saturated heterocycles. The molecule has 0 atom stereocenters. The Hall–Kier alpha value is -2.83. The lowest BCUT2D eigenvalue weighted by Crippen LogP contribution is -2.39. The standard InChI is InChI=1S/C19H18F2N4O/c1-24-16-5-3-2-4-15(16)23-18(24)12-6-8-25(9-7-12)19(26)17-14(21)10-13(20)11-22-17/h2-5,10-12H,6-9H2,1H3. The van der Waals surface area contributed by atoms with E-state index >= 15 is 0 Å². The molecule has 4 rings (SSSR count). The molecule has 0 radical (unpaired) electrons. The van der Waals surface area contributed by atoms with Gasteiger partial charge in [-0.25, -0.2) is 18.7 Å². The predicted octanol–water partition coefficient (Wildman–Crippen LogP) is 3.27. The van der Waals surface area contributed by atoms with Crippen molar-refractivity contribution in [2.75, 3.05) is 13.1 Å². The fourth-order valence-corrected chi connectivity index (χ4v) is 3.59. The van der Waals surface area contributed by atoms with Crippen molar-refractivity contribution < 1.29 is 13.6 Å². The van der Waals surface area contributed by atoms with Crippen LogP contribution in [0.3, 0.4) is 0 Å². The molecule has 26 heavy (non-hydrogen) atoms. The number of nitrogens with zero attached hydrogens (tertiary/aromatic N) is 4. The molecule has 1 fully saturated rings. The second-order valence-electron chi connectivity index (χ2n) is 6.57. The summed E-state index contributed by atoms with van der Waals surface area (Å²) in [6.07, 6.45) is 2.35. The van der Waals surface area contributed by atoms with Gasteiger partial charge >= 0.3 is 0 Å². The molecular weight excluding hydrogens is 338 g/mol. The number of carbonyl (C=O) groups excluding carboxylic acids is 1. The maximum atomic E-state index is 13.8. The number of likely N-dealkylation sites (tertiary alicyclic amines) is 1. The number of para-hydroxylation sites is 2. The molecule has 0 saturated carbocycles. The summed E-state index contributed by atoms with van der Waals surface area (Å²) in [5, 5.41) is 0. The SMILES string of the molecule is Cn1c(C2CCN(C(=O)c3ncc(F)cc3F)CC2)nc2ccccc21. The van der Waals surface area contributed by atoms with Crippen LogP contribution in [0.15, 0.2) is 36.5 Å². The van der Waals surface area contributed by atoms with Crippen LogP contribution < -0.4 is 0 Å². The van der Waals surface area contributed by atoms with Crippen LogP contribution in [-0.2, 0) is 7.05 Å². The van der Waals surface area contributed by atoms with Crippen LogP contribution in [0, 0.1) is 11.6 Å². The third-order valence-electron chi connectivity index (χ3n) is 4.98. The van der Waals surface area contributed by atoms with Crippen LogP contribution in [-0.4, -0.2) is 38.4 Å². The molecule has 0 unspecified atom stereocenters. The lowest BCUT2D eigenvalue weighted by atomic mass is 9.95. The zero-order valence-electron chi connectivity index (χ0n) is 14.3. The molecule has 1 aliphatic rings. The smallest absolute Gasteiger partial charge is 0.275 e. The second kappa shape index (κ2) is 6.48. The van der Waals surface area contributed by atoms with Gasteiger partial charge in [-0.1, -0.05) is 12.1 Å². The number of piperidine rings is 1. The van der Waals surface area contributed by atoms with Crippen molar-refractivity contribution in [3.63, 3.8) is 0 Å². The molecule has 7 heteroatoms. The first-order chi connectivity index (χ1) is 12.5. The van der Waals surface area contributed by atoms with E-state index in [1.807, 2.05) is 31.3 Å². The summed E-state index contributed by atoms with van der Waals surface area (Å²) >= 11 is 0. The number of benzene rings is 1. The van der Waals surface area contributed by atoms with Gasteiger partial charge in [0.05, 0.1) is 17.2 Å². The van der Waals surface area contributed by atoms with Crippen LogP contribution in [0.2, 0.25) is 0 Å². The Kier molecular flexibility index (Phi) is 4.14. The highest BCUT2D eigenvalue weighted by atomic mass is 19.1. The summed E-state index contributed by atoms with van der Waals surface area (Å²) in [4.78, 5) is 22.4. The fourth-order valence-electron chi connectivity index (χ4n) is 3.59. The first-order valence-corrected chi connectivity index (χ1v) is 8.56. The lowest BCUT2D eigenvalue weighted by Gasteiger charge is -2.31. The maximum Gasteiger partial charge on any atom is 0.275 e. The molecule has 0 spiro atoms. The number of aromatic nitrogens is 3. The highest BCUT2D eigenvalue weighted by Gasteiger charge is 2.29. The Labute approximate surface area is 149 Å². The molecule has 5 nitrogen and oxygen atoms in total. The minimum Gasteiger partial charge on any atom is -0.337 e. The van der Waals surface area contributed by atoms with Gasteiger partial charge in [-0.3, -0.25) is 4.79 Å². The van der Waals surface area contributed by atoms with Crippen LogP contribution in [0.5, 0.6) is 0 Å². The van der Waals surface area contributed by atoms with E-state index in [0.29, 0.717) is 19.2 Å². The summed E-state index contributed by atoms with van der Waals surface area (Å²) in [7, 11) is 2.00. The van der Waals surface area contributed by atoms with E-state index in [1.165, 1.54) is 0 Å². The van der Waals surface area contributed by atoms with Crippen molar-refractivity contribution in [2.45, 2.75) is 18.8 Å². The van der Waals surface area contributed by atoms with Gasteiger partial charge in [-0.15, -0.1) is 0 Å². The third kappa shape index (κ3) is 2.83. The topological polar surface area (TPSA) is 51.0 Å². The quantitative estimate of drug-likeness (QED) is 0.708. The summed E-state index contributed by atoms with van der Waals surface area (Å²) in [6.45, 7) is 0.983. The molecule has 1 aromatic carbocycles. The van der Waals surface area contributed by atoms with Crippen molar-refractivity contribution in [3.8, 4) is 0 Å². The molecule has 3 aromatic rings. The van der Waals surface area contributed by atoms with Crippen LogP contribution >= 0.6 is 0 Å². The van der Waals surface area contributed by atoms with Gasteiger partial charge in [-0.2, -0.15) is 0 Å². The monoisotopic (exact) mass is 356 g/mol. The number of hydrogen-bond acceptors (Lipinski definition) is 3. The highest BCUT2D eigenvalue weighted by molar-refractivity contribution is 5.92. The van der Waals surface area contributed by atoms with E-state index < -0.39 is 17.5 Å². The molecule has 0 bridgehead atoms. The zero-order valence-corrected chi connectivity index (χ0v) is 14.3. The van der Waals surface area contributed by atoms with Gasteiger partial charge < -0.3 is 9.47 Å². The normalized spacial score (nSPS) is 15.6. The Balaban J connectivity index is 1.50. The van der Waals surface area contributed by atoms with E-state index in [2.05, 4.69) is 9.55 Å². The van der Waals surface area contributed by atoms with Gasteiger partial charge in [-0.05, 0) is 25.0 Å². The Morgan fingerprint density at radius 2 is 1.92 bits per heavy atom. The minimum absolute atomic E-state index is 0.238. The predicted molar refractivity (Wildman–Crippen MR) is 92.7 cm³/mol. The number of amides is 1. The number of pyridine rings is 1. The highest BCUT2D eigenvalue weighted by Crippen LogP contribution is 2.30. The first kappa shape index (κ1) is 16.6. The number of hydrogen-bond donors (Lipinski definition) is 0. The van der Waals surface area contributed by atoms with E-state index in [1.54, 1.807) is 4.90 Å². The average molecular weight is 356 g/mol. The lowest BCUT2D eigenvalue weighted by molar-refractivity contribution is 0.0699. The van der Waals surface area contributed by atoms with Gasteiger partial charge in [0.1, 0.15) is 11.6 Å². The van der Waals surface area contributed by atoms with Crippen molar-refractivity contribution in [2.24, 2.45) is 7.05 Å². The van der Waals surface area contributed by atoms with Gasteiger partial charge in [0.2, 0.25) is 0 Å². The van der Waals surface area contributed by atoms with E-state index in [0.717, 1.165) is 35.9 Å². The molecular formula is C19H18F2N4O. The van der Waals surface area contributed by atoms with Crippen LogP contribution in [0.1, 0.15) is 35.1 Å². The summed E-state index contributed by atoms with van der Waals surface area (Å²) in [5.74, 6) is -0.968. The average Bonchev–Trinajstić information content (AvgIpc) is 2.98. The summed E-state index contributed by atoms with van der Waals surface area (Å²) < 4.78 is 28.9. The van der Waals surface area contributed by atoms with Gasteiger partial charge in [0.15, 0.2) is 11.5 Å². The number of fused-ring (bicyclic) bond motifs is 1. The molecule has 0 aliphatic carbocycles. The molecule has 2 aromatic heterocycles. The number of halogens is 2. The van der Waals surface area contributed by atoms with Crippen LogP contribution in [0.4, 0.5) is 8.78 Å². The van der Waals surface area contributed by atoms with Crippen LogP contribution in [0.25, 0.3) is 11.0 Å². The number of imidazole rings is 1. The van der Waals surface area contributed by atoms with E-state index in [-0.39, 0.29) is 11.6 Å². The number of aryl methyl sites for hydroxylation is 1. The zero-order chi connectivity index (χ0) is 18.3. The number of rotatable bonds is 2. The summed E-state index contributed by atoms with van der Waals surface area (Å²) in [6, 6.07) is 8.66. The Bertz CT molecular complexity index is 977. The van der Waals surface area contributed by atoms with Crippen molar-refractivity contribution in [3.05, 3.63) is 59.7 Å².